The van der Waals surface area contributed by atoms with Crippen molar-refractivity contribution in [2.45, 2.75) is 58.0 Å². The number of rotatable bonds is 5. The van der Waals surface area contributed by atoms with E-state index in [2.05, 4.69) is 31.2 Å². The van der Waals surface area contributed by atoms with E-state index in [0.29, 0.717) is 13.0 Å². The van der Waals surface area contributed by atoms with Crippen molar-refractivity contribution in [2.24, 2.45) is 0 Å². The molecular weight excluding hydrogens is 262 g/mol. The number of hydrogen-bond donors (Lipinski definition) is 1. The number of carbonyl (C=O) groups is 1. The van der Waals surface area contributed by atoms with Crippen LogP contribution in [0.3, 0.4) is 0 Å². The van der Waals surface area contributed by atoms with Crippen molar-refractivity contribution in [1.82, 2.24) is 4.90 Å². The number of carbonyl (C=O) groups excluding carboxylic acids is 1. The first-order valence-electron chi connectivity index (χ1n) is 8.08. The van der Waals surface area contributed by atoms with Crippen LogP contribution in [0.5, 0.6) is 0 Å². The topological polar surface area (TPSA) is 40.5 Å². The first-order valence-corrected chi connectivity index (χ1v) is 8.08. The van der Waals surface area contributed by atoms with E-state index >= 15 is 0 Å². The Morgan fingerprint density at radius 2 is 1.95 bits per heavy atom. The molecule has 2 rings (SSSR count). The Bertz CT molecular complexity index is 465. The molecule has 0 radical (unpaired) electrons. The monoisotopic (exact) mass is 289 g/mol. The summed E-state index contributed by atoms with van der Waals surface area (Å²) in [4.78, 5) is 14.1. The molecule has 116 valence electrons. The molecule has 1 unspecified atom stereocenters. The fraction of sp³-hybridized carbons (Fsp3) is 0.611. The van der Waals surface area contributed by atoms with Crippen molar-refractivity contribution in [3.63, 3.8) is 0 Å². The number of unbranched alkanes of at least 4 members (excludes halogenated alkanes) is 1. The fourth-order valence-electron chi connectivity index (χ4n) is 2.92. The number of amides is 1. The maximum absolute atomic E-state index is 12.3. The zero-order valence-electron chi connectivity index (χ0n) is 13.3. The Balaban J connectivity index is 1.90. The maximum Gasteiger partial charge on any atom is 0.227 e. The van der Waals surface area contributed by atoms with Crippen LogP contribution < -0.4 is 0 Å². The van der Waals surface area contributed by atoms with Gasteiger partial charge in [-0.1, -0.05) is 37.6 Å². The average molecular weight is 289 g/mol. The minimum atomic E-state index is -0.724. The number of piperidine rings is 1. The lowest BCUT2D eigenvalue weighted by molar-refractivity contribution is -0.136. The Morgan fingerprint density at radius 3 is 2.57 bits per heavy atom. The van der Waals surface area contributed by atoms with Crippen molar-refractivity contribution in [3.05, 3.63) is 35.4 Å². The summed E-state index contributed by atoms with van der Waals surface area (Å²) in [7, 11) is 0. The lowest BCUT2D eigenvalue weighted by Gasteiger charge is -2.36. The van der Waals surface area contributed by atoms with Gasteiger partial charge < -0.3 is 10.0 Å². The van der Waals surface area contributed by atoms with E-state index in [-0.39, 0.29) is 5.91 Å². The van der Waals surface area contributed by atoms with E-state index in [4.69, 9.17) is 0 Å². The number of likely N-dealkylation sites (tertiary alicyclic amines) is 1. The largest absolute Gasteiger partial charge is 0.388 e. The van der Waals surface area contributed by atoms with Crippen LogP contribution in [-0.4, -0.2) is 34.6 Å². The number of benzene rings is 1. The highest BCUT2D eigenvalue weighted by Gasteiger charge is 2.30. The van der Waals surface area contributed by atoms with E-state index in [1.807, 2.05) is 6.92 Å². The van der Waals surface area contributed by atoms with Gasteiger partial charge in [0.15, 0.2) is 0 Å². The third-order valence-corrected chi connectivity index (χ3v) is 4.22. The molecule has 0 saturated carbocycles. The van der Waals surface area contributed by atoms with Gasteiger partial charge in [0.2, 0.25) is 5.91 Å². The average Bonchev–Trinajstić information content (AvgIpc) is 2.45. The molecule has 1 N–H and O–H groups in total. The van der Waals surface area contributed by atoms with Gasteiger partial charge in [-0.05, 0) is 43.7 Å². The van der Waals surface area contributed by atoms with E-state index in [9.17, 15) is 9.90 Å². The van der Waals surface area contributed by atoms with Crippen LogP contribution in [0.4, 0.5) is 0 Å². The summed E-state index contributed by atoms with van der Waals surface area (Å²) < 4.78 is 0. The van der Waals surface area contributed by atoms with Gasteiger partial charge in [-0.15, -0.1) is 0 Å². The van der Waals surface area contributed by atoms with E-state index in [1.54, 1.807) is 4.90 Å². The Labute approximate surface area is 128 Å². The van der Waals surface area contributed by atoms with Crippen LogP contribution in [0.1, 0.15) is 50.7 Å². The molecule has 1 atom stereocenters. The second-order valence-electron chi connectivity index (χ2n) is 6.51. The van der Waals surface area contributed by atoms with Gasteiger partial charge in [0, 0.05) is 13.1 Å². The molecule has 1 fully saturated rings. The van der Waals surface area contributed by atoms with Crippen LogP contribution in [0, 0.1) is 0 Å². The summed E-state index contributed by atoms with van der Waals surface area (Å²) in [6, 6.07) is 8.38. The number of aliphatic hydroxyl groups is 1. The first-order chi connectivity index (χ1) is 10.00. The zero-order chi connectivity index (χ0) is 15.3. The molecule has 0 bridgehead atoms. The molecule has 3 nitrogen and oxygen atoms in total. The molecule has 1 aliphatic heterocycles. The molecule has 21 heavy (non-hydrogen) atoms. The van der Waals surface area contributed by atoms with Gasteiger partial charge in [-0.25, -0.2) is 0 Å². The first kappa shape index (κ1) is 16.0. The van der Waals surface area contributed by atoms with Gasteiger partial charge in [0.25, 0.3) is 0 Å². The molecule has 1 heterocycles. The third-order valence-electron chi connectivity index (χ3n) is 4.22. The van der Waals surface area contributed by atoms with Crippen molar-refractivity contribution in [1.29, 1.82) is 0 Å². The van der Waals surface area contributed by atoms with Gasteiger partial charge in [0.1, 0.15) is 0 Å². The quantitative estimate of drug-likeness (QED) is 0.905. The highest BCUT2D eigenvalue weighted by Crippen LogP contribution is 2.21. The smallest absolute Gasteiger partial charge is 0.227 e. The molecule has 1 saturated heterocycles. The zero-order valence-corrected chi connectivity index (χ0v) is 13.3. The van der Waals surface area contributed by atoms with Crippen molar-refractivity contribution >= 4 is 5.91 Å². The predicted molar refractivity (Wildman–Crippen MR) is 85.2 cm³/mol. The summed E-state index contributed by atoms with van der Waals surface area (Å²) in [6.45, 7) is 5.24. The van der Waals surface area contributed by atoms with Crippen LogP contribution in [0.25, 0.3) is 0 Å². The van der Waals surface area contributed by atoms with E-state index in [0.717, 1.165) is 31.4 Å². The van der Waals surface area contributed by atoms with Crippen LogP contribution in [0.2, 0.25) is 0 Å². The summed E-state index contributed by atoms with van der Waals surface area (Å²) in [5.41, 5.74) is 1.68. The Kier molecular flexibility index (Phi) is 5.40. The fourth-order valence-corrected chi connectivity index (χ4v) is 2.92. The Hall–Kier alpha value is -1.35. The number of nitrogens with zero attached hydrogens (tertiary/aromatic N) is 1. The normalized spacial score (nSPS) is 22.3. The number of hydrogen-bond acceptors (Lipinski definition) is 2. The summed E-state index contributed by atoms with van der Waals surface area (Å²) in [6.07, 6.45) is 5.62. The highest BCUT2D eigenvalue weighted by atomic mass is 16.3. The van der Waals surface area contributed by atoms with E-state index in [1.165, 1.54) is 18.4 Å². The molecule has 1 aliphatic rings. The molecule has 0 aromatic heterocycles. The van der Waals surface area contributed by atoms with Crippen LogP contribution in [-0.2, 0) is 17.6 Å². The second-order valence-corrected chi connectivity index (χ2v) is 6.51. The number of aryl methyl sites for hydroxylation is 1. The van der Waals surface area contributed by atoms with Crippen LogP contribution in [0.15, 0.2) is 24.3 Å². The maximum atomic E-state index is 12.3. The van der Waals surface area contributed by atoms with Gasteiger partial charge in [0.05, 0.1) is 12.0 Å². The highest BCUT2D eigenvalue weighted by molar-refractivity contribution is 5.79. The summed E-state index contributed by atoms with van der Waals surface area (Å²) in [5, 5.41) is 10.1. The lowest BCUT2D eigenvalue weighted by Crippen LogP contribution is -2.49. The van der Waals surface area contributed by atoms with Crippen molar-refractivity contribution < 1.29 is 9.90 Å². The summed E-state index contributed by atoms with van der Waals surface area (Å²) >= 11 is 0. The minimum Gasteiger partial charge on any atom is -0.388 e. The van der Waals surface area contributed by atoms with Gasteiger partial charge in [-0.2, -0.15) is 0 Å². The standard InChI is InChI=1S/C18H27NO2/c1-3-4-6-15-7-9-16(10-8-15)13-17(20)19-12-5-11-18(2,21)14-19/h7-10,21H,3-6,11-14H2,1-2H3. The summed E-state index contributed by atoms with van der Waals surface area (Å²) in [5.74, 6) is 0.122. The van der Waals surface area contributed by atoms with E-state index < -0.39 is 5.60 Å². The molecule has 1 aromatic carbocycles. The van der Waals surface area contributed by atoms with Crippen molar-refractivity contribution in [3.8, 4) is 0 Å². The second kappa shape index (κ2) is 7.08. The van der Waals surface area contributed by atoms with Crippen LogP contribution >= 0.6 is 0 Å². The van der Waals surface area contributed by atoms with Gasteiger partial charge in [-0.3, -0.25) is 4.79 Å². The van der Waals surface area contributed by atoms with Crippen molar-refractivity contribution in [2.75, 3.05) is 13.1 Å². The minimum absolute atomic E-state index is 0.122. The molecule has 3 heteroatoms. The molecule has 0 spiro atoms. The molecule has 1 amide bonds. The van der Waals surface area contributed by atoms with Gasteiger partial charge >= 0.3 is 0 Å². The SMILES string of the molecule is CCCCc1ccc(CC(=O)N2CCCC(C)(O)C2)cc1. The molecule has 1 aromatic rings. The predicted octanol–water partition coefficient (Wildman–Crippen LogP) is 2.95. The molecular formula is C18H27NO2. The molecule has 0 aliphatic carbocycles. The lowest BCUT2D eigenvalue weighted by atomic mass is 9.94. The Morgan fingerprint density at radius 1 is 1.29 bits per heavy atom. The third kappa shape index (κ3) is 4.85. The number of β-amino-alcohol motifs (C(OH)–C–C–N with tert-alkyl or cyclic N) is 1.